The Labute approximate surface area is 130 Å². The molecule has 1 aromatic carbocycles. The maximum Gasteiger partial charge on any atom is 0.160 e. The number of aliphatic imine (C=N–C) groups is 1. The number of hydrogen-bond donors (Lipinski definition) is 1. The van der Waals surface area contributed by atoms with E-state index in [0.29, 0.717) is 12.3 Å². The van der Waals surface area contributed by atoms with Crippen LogP contribution < -0.4 is 4.74 Å². The van der Waals surface area contributed by atoms with Crippen molar-refractivity contribution in [2.24, 2.45) is 4.99 Å². The third kappa shape index (κ3) is 2.31. The standard InChI is InChI=1S/C17H21N3O2/c1-17(2,3)14-8-12-9-18-16(20(12)19-14)15-11(10-21)6-5-7-13(15)22-4/h5-8,21H,9-10H2,1-4H3. The average Bonchev–Trinajstić information content (AvgIpc) is 3.06. The van der Waals surface area contributed by atoms with Crippen LogP contribution in [0.3, 0.4) is 0 Å². The van der Waals surface area contributed by atoms with Crippen molar-refractivity contribution in [1.29, 1.82) is 0 Å². The van der Waals surface area contributed by atoms with Crippen molar-refractivity contribution in [2.45, 2.75) is 39.3 Å². The molecule has 0 unspecified atom stereocenters. The van der Waals surface area contributed by atoms with Crippen molar-refractivity contribution in [2.75, 3.05) is 7.11 Å². The number of methoxy groups -OCH3 is 1. The Hall–Kier alpha value is -2.14. The van der Waals surface area contributed by atoms with Crippen LogP contribution in [0.4, 0.5) is 0 Å². The first-order chi connectivity index (χ1) is 10.5. The number of fused-ring (bicyclic) bond motifs is 1. The molecule has 0 radical (unpaired) electrons. The summed E-state index contributed by atoms with van der Waals surface area (Å²) >= 11 is 0. The quantitative estimate of drug-likeness (QED) is 0.947. The highest BCUT2D eigenvalue weighted by Gasteiger charge is 2.27. The molecular formula is C17H21N3O2. The van der Waals surface area contributed by atoms with Gasteiger partial charge in [-0.3, -0.25) is 4.99 Å². The van der Waals surface area contributed by atoms with Crippen molar-refractivity contribution in [3.63, 3.8) is 0 Å². The van der Waals surface area contributed by atoms with Crippen LogP contribution >= 0.6 is 0 Å². The maximum absolute atomic E-state index is 9.64. The van der Waals surface area contributed by atoms with Gasteiger partial charge in [0.05, 0.1) is 37.2 Å². The maximum atomic E-state index is 9.64. The van der Waals surface area contributed by atoms with Crippen LogP contribution in [0.2, 0.25) is 0 Å². The van der Waals surface area contributed by atoms with E-state index < -0.39 is 0 Å². The number of benzene rings is 1. The number of aliphatic hydroxyl groups is 1. The van der Waals surface area contributed by atoms with Gasteiger partial charge in [0.25, 0.3) is 0 Å². The molecule has 5 nitrogen and oxygen atoms in total. The largest absolute Gasteiger partial charge is 0.496 e. The fraction of sp³-hybridized carbons (Fsp3) is 0.412. The Morgan fingerprint density at radius 3 is 2.73 bits per heavy atom. The van der Waals surface area contributed by atoms with E-state index in [9.17, 15) is 5.11 Å². The second-order valence-electron chi connectivity index (χ2n) is 6.48. The first-order valence-corrected chi connectivity index (χ1v) is 7.37. The van der Waals surface area contributed by atoms with Crippen molar-refractivity contribution >= 4 is 5.84 Å². The molecular weight excluding hydrogens is 278 g/mol. The van der Waals surface area contributed by atoms with Gasteiger partial charge < -0.3 is 9.84 Å². The monoisotopic (exact) mass is 299 g/mol. The summed E-state index contributed by atoms with van der Waals surface area (Å²) in [7, 11) is 1.63. The summed E-state index contributed by atoms with van der Waals surface area (Å²) < 4.78 is 7.33. The van der Waals surface area contributed by atoms with Gasteiger partial charge in [-0.05, 0) is 17.7 Å². The van der Waals surface area contributed by atoms with E-state index in [0.717, 1.165) is 28.4 Å². The summed E-state index contributed by atoms with van der Waals surface area (Å²) in [6.07, 6.45) is 0. The number of hydrogen-bond acceptors (Lipinski definition) is 4. The van der Waals surface area contributed by atoms with E-state index in [1.807, 2.05) is 22.9 Å². The van der Waals surface area contributed by atoms with E-state index >= 15 is 0 Å². The molecule has 0 fully saturated rings. The summed E-state index contributed by atoms with van der Waals surface area (Å²) in [4.78, 5) is 4.60. The van der Waals surface area contributed by atoms with Gasteiger partial charge in [0.1, 0.15) is 5.75 Å². The van der Waals surface area contributed by atoms with Crippen LogP contribution in [0, 0.1) is 0 Å². The minimum Gasteiger partial charge on any atom is -0.496 e. The molecule has 3 rings (SSSR count). The molecule has 0 amide bonds. The van der Waals surface area contributed by atoms with Crippen LogP contribution in [0.15, 0.2) is 29.3 Å². The second kappa shape index (κ2) is 5.25. The van der Waals surface area contributed by atoms with Gasteiger partial charge in [-0.25, -0.2) is 4.68 Å². The van der Waals surface area contributed by atoms with Gasteiger partial charge in [-0.15, -0.1) is 0 Å². The van der Waals surface area contributed by atoms with Gasteiger partial charge in [-0.1, -0.05) is 32.9 Å². The Morgan fingerprint density at radius 1 is 1.32 bits per heavy atom. The zero-order chi connectivity index (χ0) is 15.9. The third-order valence-electron chi connectivity index (χ3n) is 3.87. The number of aliphatic hydroxyl groups excluding tert-OH is 1. The van der Waals surface area contributed by atoms with Crippen molar-refractivity contribution < 1.29 is 9.84 Å². The van der Waals surface area contributed by atoms with E-state index in [-0.39, 0.29) is 12.0 Å². The highest BCUT2D eigenvalue weighted by molar-refractivity contribution is 6.04. The zero-order valence-electron chi connectivity index (χ0n) is 13.4. The highest BCUT2D eigenvalue weighted by atomic mass is 16.5. The smallest absolute Gasteiger partial charge is 0.160 e. The van der Waals surface area contributed by atoms with Crippen molar-refractivity contribution in [1.82, 2.24) is 9.78 Å². The molecule has 22 heavy (non-hydrogen) atoms. The predicted molar refractivity (Wildman–Crippen MR) is 85.5 cm³/mol. The first kappa shape index (κ1) is 14.8. The lowest BCUT2D eigenvalue weighted by atomic mass is 9.92. The molecule has 2 heterocycles. The summed E-state index contributed by atoms with van der Waals surface area (Å²) in [6, 6.07) is 7.73. The van der Waals surface area contributed by atoms with Gasteiger partial charge in [0, 0.05) is 5.41 Å². The van der Waals surface area contributed by atoms with E-state index in [4.69, 9.17) is 9.84 Å². The van der Waals surface area contributed by atoms with Gasteiger partial charge in [0.15, 0.2) is 5.84 Å². The van der Waals surface area contributed by atoms with Crippen molar-refractivity contribution in [3.05, 3.63) is 46.8 Å². The molecule has 0 saturated heterocycles. The fourth-order valence-electron chi connectivity index (χ4n) is 2.62. The zero-order valence-corrected chi connectivity index (χ0v) is 13.4. The average molecular weight is 299 g/mol. The minimum atomic E-state index is -0.0612. The van der Waals surface area contributed by atoms with Crippen LogP contribution in [0.25, 0.3) is 0 Å². The number of aromatic nitrogens is 2. The molecule has 1 aromatic heterocycles. The van der Waals surface area contributed by atoms with Crippen LogP contribution in [0.1, 0.15) is 43.3 Å². The number of rotatable bonds is 3. The first-order valence-electron chi connectivity index (χ1n) is 7.37. The molecule has 5 heteroatoms. The summed E-state index contributed by atoms with van der Waals surface area (Å²) in [5, 5.41) is 14.4. The predicted octanol–water partition coefficient (Wildman–Crippen LogP) is 2.49. The van der Waals surface area contributed by atoms with E-state index in [1.54, 1.807) is 7.11 Å². The molecule has 1 aliphatic rings. The Kier molecular flexibility index (Phi) is 3.53. The molecule has 1 aliphatic heterocycles. The second-order valence-corrected chi connectivity index (χ2v) is 6.48. The normalized spacial score (nSPS) is 14.0. The lowest BCUT2D eigenvalue weighted by molar-refractivity contribution is 0.280. The van der Waals surface area contributed by atoms with Gasteiger partial charge >= 0.3 is 0 Å². The Balaban J connectivity index is 2.13. The topological polar surface area (TPSA) is 59.6 Å². The van der Waals surface area contributed by atoms with Crippen LogP contribution in [-0.4, -0.2) is 27.8 Å². The number of ether oxygens (including phenoxy) is 1. The molecule has 0 atom stereocenters. The Bertz CT molecular complexity index is 717. The van der Waals surface area contributed by atoms with Gasteiger partial charge in [-0.2, -0.15) is 5.10 Å². The molecule has 0 saturated carbocycles. The molecule has 2 aromatic rings. The molecule has 0 aliphatic carbocycles. The van der Waals surface area contributed by atoms with Gasteiger partial charge in [0.2, 0.25) is 0 Å². The van der Waals surface area contributed by atoms with Crippen LogP contribution in [0.5, 0.6) is 5.75 Å². The van der Waals surface area contributed by atoms with Crippen LogP contribution in [-0.2, 0) is 18.6 Å². The Morgan fingerprint density at radius 2 is 2.09 bits per heavy atom. The molecule has 0 spiro atoms. The minimum absolute atomic E-state index is 0.0109. The summed E-state index contributed by atoms with van der Waals surface area (Å²) in [5.74, 6) is 1.44. The lowest BCUT2D eigenvalue weighted by Crippen LogP contribution is -2.18. The highest BCUT2D eigenvalue weighted by Crippen LogP contribution is 2.29. The summed E-state index contributed by atoms with van der Waals surface area (Å²) in [6.45, 7) is 6.97. The third-order valence-corrected chi connectivity index (χ3v) is 3.87. The molecule has 1 N–H and O–H groups in total. The molecule has 0 bridgehead atoms. The lowest BCUT2D eigenvalue weighted by Gasteiger charge is -2.16. The SMILES string of the molecule is COc1cccc(CO)c1C1=NCc2cc(C(C)(C)C)nn21. The summed E-state index contributed by atoms with van der Waals surface area (Å²) in [5.41, 5.74) is 3.70. The van der Waals surface area contributed by atoms with E-state index in [1.165, 1.54) is 0 Å². The number of nitrogens with zero attached hydrogens (tertiary/aromatic N) is 3. The molecule has 116 valence electrons. The fourth-order valence-corrected chi connectivity index (χ4v) is 2.62. The van der Waals surface area contributed by atoms with E-state index in [2.05, 4.69) is 31.8 Å². The van der Waals surface area contributed by atoms with Crippen molar-refractivity contribution in [3.8, 4) is 5.75 Å².